The van der Waals surface area contributed by atoms with Gasteiger partial charge in [0.25, 0.3) is 11.6 Å². The number of carbonyl (C=O) groups is 1. The van der Waals surface area contributed by atoms with Crippen LogP contribution in [0.2, 0.25) is 0 Å². The van der Waals surface area contributed by atoms with Crippen molar-refractivity contribution >= 4 is 21.6 Å². The Morgan fingerprint density at radius 1 is 1.22 bits per heavy atom. The van der Waals surface area contributed by atoms with E-state index in [1.165, 1.54) is 46.6 Å². The van der Waals surface area contributed by atoms with Gasteiger partial charge in [-0.25, -0.2) is 8.42 Å². The predicted octanol–water partition coefficient (Wildman–Crippen LogP) is 2.46. The largest absolute Gasteiger partial charge is 0.496 e. The summed E-state index contributed by atoms with van der Waals surface area (Å²) in [6.07, 6.45) is 0. The van der Waals surface area contributed by atoms with E-state index in [4.69, 9.17) is 9.47 Å². The highest BCUT2D eigenvalue weighted by Crippen LogP contribution is 2.29. The van der Waals surface area contributed by atoms with Gasteiger partial charge in [0.2, 0.25) is 10.0 Å². The van der Waals surface area contributed by atoms with E-state index in [-0.39, 0.29) is 35.0 Å². The molecular weight excluding hydrogens is 438 g/mol. The first-order valence-electron chi connectivity index (χ1n) is 9.94. The molecule has 1 amide bonds. The number of hydrogen-bond acceptors (Lipinski definition) is 7. The van der Waals surface area contributed by atoms with Crippen molar-refractivity contribution in [2.75, 3.05) is 40.5 Å². The molecule has 1 aliphatic heterocycles. The van der Waals surface area contributed by atoms with Gasteiger partial charge in [0.15, 0.2) is 0 Å². The first-order chi connectivity index (χ1) is 15.2. The van der Waals surface area contributed by atoms with Crippen molar-refractivity contribution in [3.63, 3.8) is 0 Å². The smallest absolute Gasteiger partial charge is 0.269 e. The number of carbonyl (C=O) groups excluding carboxylic acids is 1. The first-order valence-corrected chi connectivity index (χ1v) is 11.4. The lowest BCUT2D eigenvalue weighted by atomic mass is 10.1. The second-order valence-electron chi connectivity index (χ2n) is 7.32. The van der Waals surface area contributed by atoms with Crippen LogP contribution in [0.5, 0.6) is 5.75 Å². The minimum atomic E-state index is -3.80. The van der Waals surface area contributed by atoms with E-state index < -0.39 is 26.9 Å². The number of hydrogen-bond donors (Lipinski definition) is 0. The zero-order valence-electron chi connectivity index (χ0n) is 18.1. The van der Waals surface area contributed by atoms with Crippen LogP contribution in [-0.4, -0.2) is 68.9 Å². The summed E-state index contributed by atoms with van der Waals surface area (Å²) >= 11 is 0. The molecule has 1 aliphatic rings. The summed E-state index contributed by atoms with van der Waals surface area (Å²) in [5.74, 6) is -0.242. The number of ether oxygens (including phenoxy) is 2. The van der Waals surface area contributed by atoms with Gasteiger partial charge in [-0.2, -0.15) is 4.31 Å². The number of sulfonamides is 1. The van der Waals surface area contributed by atoms with Crippen LogP contribution in [0.3, 0.4) is 0 Å². The number of amides is 1. The zero-order valence-corrected chi connectivity index (χ0v) is 18.9. The number of benzene rings is 2. The Balaban J connectivity index is 1.93. The van der Waals surface area contributed by atoms with E-state index in [1.807, 2.05) is 0 Å². The molecule has 172 valence electrons. The molecule has 0 aliphatic carbocycles. The van der Waals surface area contributed by atoms with Gasteiger partial charge in [0.1, 0.15) is 5.75 Å². The van der Waals surface area contributed by atoms with Gasteiger partial charge in [-0.15, -0.1) is 0 Å². The Labute approximate surface area is 186 Å². The van der Waals surface area contributed by atoms with E-state index >= 15 is 0 Å². The highest BCUT2D eigenvalue weighted by Gasteiger charge is 2.29. The Kier molecular flexibility index (Phi) is 7.12. The van der Waals surface area contributed by atoms with Crippen molar-refractivity contribution in [2.24, 2.45) is 0 Å². The molecule has 10 nitrogen and oxygen atoms in total. The van der Waals surface area contributed by atoms with Gasteiger partial charge in [0, 0.05) is 32.3 Å². The summed E-state index contributed by atoms with van der Waals surface area (Å²) in [6, 6.07) is 9.69. The van der Waals surface area contributed by atoms with Crippen LogP contribution in [0, 0.1) is 10.1 Å². The fourth-order valence-electron chi connectivity index (χ4n) is 3.44. The summed E-state index contributed by atoms with van der Waals surface area (Å²) < 4.78 is 37.9. The van der Waals surface area contributed by atoms with Crippen molar-refractivity contribution in [1.82, 2.24) is 9.21 Å². The summed E-state index contributed by atoms with van der Waals surface area (Å²) in [6.45, 7) is 2.83. The second kappa shape index (κ2) is 9.63. The van der Waals surface area contributed by atoms with Crippen LogP contribution in [-0.2, 0) is 14.8 Å². The van der Waals surface area contributed by atoms with E-state index in [9.17, 15) is 23.3 Å². The van der Waals surface area contributed by atoms with Crippen molar-refractivity contribution in [1.29, 1.82) is 0 Å². The van der Waals surface area contributed by atoms with Crippen LogP contribution in [0.4, 0.5) is 5.69 Å². The molecule has 2 aromatic rings. The molecule has 0 bridgehead atoms. The van der Waals surface area contributed by atoms with Crippen LogP contribution in [0.25, 0.3) is 0 Å². The molecule has 1 heterocycles. The van der Waals surface area contributed by atoms with Crippen LogP contribution in [0.15, 0.2) is 47.4 Å². The molecular formula is C21H25N3O7S. The topological polar surface area (TPSA) is 119 Å². The molecule has 0 saturated carbocycles. The minimum Gasteiger partial charge on any atom is -0.496 e. The molecule has 1 unspecified atom stereocenters. The van der Waals surface area contributed by atoms with Crippen molar-refractivity contribution in [2.45, 2.75) is 17.9 Å². The summed E-state index contributed by atoms with van der Waals surface area (Å²) in [7, 11) is -0.859. The van der Waals surface area contributed by atoms with Crippen molar-refractivity contribution in [3.8, 4) is 5.75 Å². The number of non-ortho nitro benzene ring substituents is 1. The summed E-state index contributed by atoms with van der Waals surface area (Å²) in [4.78, 5) is 25.3. The average molecular weight is 464 g/mol. The van der Waals surface area contributed by atoms with Gasteiger partial charge >= 0.3 is 0 Å². The maximum atomic E-state index is 13.3. The third-order valence-corrected chi connectivity index (χ3v) is 7.37. The number of nitrogens with zero attached hydrogens (tertiary/aromatic N) is 3. The van der Waals surface area contributed by atoms with E-state index in [0.717, 1.165) is 0 Å². The minimum absolute atomic E-state index is 0.0139. The zero-order chi connectivity index (χ0) is 23.5. The van der Waals surface area contributed by atoms with Crippen LogP contribution in [0.1, 0.15) is 28.9 Å². The van der Waals surface area contributed by atoms with Gasteiger partial charge < -0.3 is 14.4 Å². The molecule has 0 aromatic heterocycles. The fraction of sp³-hybridized carbons (Fsp3) is 0.381. The third-order valence-electron chi connectivity index (χ3n) is 5.47. The van der Waals surface area contributed by atoms with Crippen molar-refractivity contribution in [3.05, 3.63) is 63.7 Å². The monoisotopic (exact) mass is 463 g/mol. The van der Waals surface area contributed by atoms with Gasteiger partial charge in [-0.3, -0.25) is 14.9 Å². The normalized spacial score (nSPS) is 15.7. The number of methoxy groups -OCH3 is 1. The molecule has 1 fully saturated rings. The van der Waals surface area contributed by atoms with E-state index in [0.29, 0.717) is 18.8 Å². The number of nitro benzene ring substituents is 1. The highest BCUT2D eigenvalue weighted by atomic mass is 32.2. The molecule has 2 aromatic carbocycles. The Morgan fingerprint density at radius 3 is 2.53 bits per heavy atom. The molecule has 0 radical (unpaired) electrons. The van der Waals surface area contributed by atoms with Crippen LogP contribution >= 0.6 is 0 Å². The van der Waals surface area contributed by atoms with Gasteiger partial charge in [-0.05, 0) is 30.7 Å². The lowest BCUT2D eigenvalue weighted by molar-refractivity contribution is -0.384. The molecule has 0 spiro atoms. The predicted molar refractivity (Wildman–Crippen MR) is 116 cm³/mol. The van der Waals surface area contributed by atoms with E-state index in [1.54, 1.807) is 26.1 Å². The standard InChI is InChI=1S/C21H25N3O7S/c1-15(16-5-4-6-17(13-16)24(26)27)22(2)21(25)19-14-18(7-8-20(19)30-3)32(28,29)23-9-11-31-12-10-23/h4-8,13-15H,9-12H2,1-3H3. The number of rotatable bonds is 7. The summed E-state index contributed by atoms with van der Waals surface area (Å²) in [5.41, 5.74) is 0.583. The SMILES string of the molecule is COc1ccc(S(=O)(=O)N2CCOCC2)cc1C(=O)N(C)C(C)c1cccc([N+](=O)[O-])c1. The lowest BCUT2D eigenvalue weighted by Crippen LogP contribution is -2.40. The second-order valence-corrected chi connectivity index (χ2v) is 9.26. The quantitative estimate of drug-likeness (QED) is 0.457. The number of nitro groups is 1. The highest BCUT2D eigenvalue weighted by molar-refractivity contribution is 7.89. The van der Waals surface area contributed by atoms with Crippen LogP contribution < -0.4 is 4.74 Å². The maximum Gasteiger partial charge on any atom is 0.269 e. The molecule has 0 N–H and O–H groups in total. The Morgan fingerprint density at radius 2 is 1.91 bits per heavy atom. The molecule has 1 atom stereocenters. The van der Waals surface area contributed by atoms with E-state index in [2.05, 4.69) is 0 Å². The molecule has 11 heteroatoms. The maximum absolute atomic E-state index is 13.3. The lowest BCUT2D eigenvalue weighted by Gasteiger charge is -2.28. The van der Waals surface area contributed by atoms with Crippen molar-refractivity contribution < 1.29 is 27.6 Å². The molecule has 32 heavy (non-hydrogen) atoms. The fourth-order valence-corrected chi connectivity index (χ4v) is 4.87. The average Bonchev–Trinajstić information content (AvgIpc) is 2.82. The third kappa shape index (κ3) is 4.74. The Bertz CT molecular complexity index is 1110. The first kappa shape index (κ1) is 23.6. The van der Waals surface area contributed by atoms with Gasteiger partial charge in [-0.1, -0.05) is 12.1 Å². The molecule has 1 saturated heterocycles. The molecule has 3 rings (SSSR count). The Hall–Kier alpha value is -3.02. The van der Waals surface area contributed by atoms with Gasteiger partial charge in [0.05, 0.1) is 41.7 Å². The summed E-state index contributed by atoms with van der Waals surface area (Å²) in [5, 5.41) is 11.1. The number of morpholine rings is 1.